The summed E-state index contributed by atoms with van der Waals surface area (Å²) < 4.78 is 7.82. The molecular formula is C68H85BN2O. The Morgan fingerprint density at radius 2 is 0.986 bits per heavy atom. The molecule has 3 nitrogen and oxygen atoms in total. The Bertz CT molecular complexity index is 3240. The third kappa shape index (κ3) is 7.31. The number of rotatable bonds is 3. The molecule has 0 fully saturated rings. The Hall–Kier alpha value is -4.96. The zero-order valence-corrected chi connectivity index (χ0v) is 48.1. The number of nitrogens with zero attached hydrogens (tertiary/aromatic N) is 2. The van der Waals surface area contributed by atoms with Crippen molar-refractivity contribution in [2.45, 2.75) is 220 Å². The lowest BCUT2D eigenvalue weighted by Crippen LogP contribution is -2.61. The highest BCUT2D eigenvalue weighted by molar-refractivity contribution is 6.99. The molecule has 0 bridgehead atoms. The van der Waals surface area contributed by atoms with E-state index in [1.165, 1.54) is 125 Å². The molecular weight excluding hydrogens is 872 g/mol. The van der Waals surface area contributed by atoms with Gasteiger partial charge in [0.25, 0.3) is 6.71 Å². The third-order valence-electron chi connectivity index (χ3n) is 19.2. The molecule has 376 valence electrons. The fourth-order valence-corrected chi connectivity index (χ4v) is 14.1. The average molecular weight is 957 g/mol. The van der Waals surface area contributed by atoms with E-state index >= 15 is 0 Å². The van der Waals surface area contributed by atoms with E-state index in [9.17, 15) is 0 Å². The second kappa shape index (κ2) is 15.3. The summed E-state index contributed by atoms with van der Waals surface area (Å²) in [7, 11) is 0. The fraction of sp³-hybridized carbons (Fsp3) is 0.500. The number of fused-ring (bicyclic) bond motifs is 8. The minimum absolute atomic E-state index is 0.0139. The molecule has 1 aromatic heterocycles. The first-order valence-electron chi connectivity index (χ1n) is 27.8. The van der Waals surface area contributed by atoms with E-state index in [0.717, 1.165) is 31.3 Å². The number of benzene rings is 5. The van der Waals surface area contributed by atoms with Gasteiger partial charge in [0.2, 0.25) is 0 Å². The first-order valence-corrected chi connectivity index (χ1v) is 27.8. The van der Waals surface area contributed by atoms with E-state index in [-0.39, 0.29) is 50.0 Å². The fourth-order valence-electron chi connectivity index (χ4n) is 14.1. The summed E-state index contributed by atoms with van der Waals surface area (Å²) >= 11 is 0. The van der Waals surface area contributed by atoms with Crippen LogP contribution in [0.4, 0.5) is 34.1 Å². The summed E-state index contributed by atoms with van der Waals surface area (Å²) in [5.41, 5.74) is 26.7. The molecule has 4 heteroatoms. The average Bonchev–Trinajstić information content (AvgIpc) is 3.70. The largest absolute Gasteiger partial charge is 0.472 e. The lowest BCUT2D eigenvalue weighted by atomic mass is 9.35. The van der Waals surface area contributed by atoms with Crippen LogP contribution in [0.25, 0.3) is 11.1 Å². The Kier molecular flexibility index (Phi) is 10.5. The molecule has 5 aromatic carbocycles. The Morgan fingerprint density at radius 3 is 1.57 bits per heavy atom. The van der Waals surface area contributed by atoms with Crippen LogP contribution in [0.3, 0.4) is 0 Å². The van der Waals surface area contributed by atoms with Gasteiger partial charge in [-0.2, -0.15) is 0 Å². The first-order chi connectivity index (χ1) is 33.2. The highest BCUT2D eigenvalue weighted by Gasteiger charge is 2.54. The van der Waals surface area contributed by atoms with Crippen LogP contribution in [0.2, 0.25) is 0 Å². The molecule has 0 saturated carbocycles. The minimum atomic E-state index is -0.111. The monoisotopic (exact) mass is 957 g/mol. The Balaban J connectivity index is 1.29. The topological polar surface area (TPSA) is 19.6 Å². The van der Waals surface area contributed by atoms with Crippen LogP contribution in [0, 0.1) is 13.8 Å². The van der Waals surface area contributed by atoms with Gasteiger partial charge >= 0.3 is 0 Å². The van der Waals surface area contributed by atoms with Gasteiger partial charge in [-0.05, 0) is 188 Å². The number of aryl methyl sites for hydroxylation is 2. The van der Waals surface area contributed by atoms with Crippen LogP contribution in [-0.4, -0.2) is 6.71 Å². The van der Waals surface area contributed by atoms with Gasteiger partial charge < -0.3 is 14.2 Å². The summed E-state index contributed by atoms with van der Waals surface area (Å²) in [4.78, 5) is 5.40. The molecule has 5 aliphatic rings. The van der Waals surface area contributed by atoms with Gasteiger partial charge in [-0.1, -0.05) is 167 Å². The van der Waals surface area contributed by atoms with Crippen LogP contribution in [0.15, 0.2) is 83.3 Å². The predicted octanol–water partition coefficient (Wildman–Crippen LogP) is 17.3. The van der Waals surface area contributed by atoms with Crippen LogP contribution in [0.5, 0.6) is 0 Å². The van der Waals surface area contributed by atoms with Gasteiger partial charge in [-0.15, -0.1) is 0 Å². The van der Waals surface area contributed by atoms with Crippen molar-refractivity contribution in [1.29, 1.82) is 0 Å². The van der Waals surface area contributed by atoms with Gasteiger partial charge in [0.05, 0.1) is 17.0 Å². The van der Waals surface area contributed by atoms with Crippen molar-refractivity contribution in [3.05, 3.63) is 135 Å². The summed E-state index contributed by atoms with van der Waals surface area (Å²) in [6, 6.07) is 32.5. The molecule has 3 aliphatic carbocycles. The molecule has 0 saturated heterocycles. The van der Waals surface area contributed by atoms with Crippen LogP contribution in [-0.2, 0) is 43.3 Å². The van der Waals surface area contributed by atoms with E-state index in [1.54, 1.807) is 0 Å². The second-order valence-corrected chi connectivity index (χ2v) is 29.6. The number of hydrogen-bond donors (Lipinski definition) is 0. The summed E-state index contributed by atoms with van der Waals surface area (Å²) in [5.74, 6) is 1.17. The van der Waals surface area contributed by atoms with Crippen molar-refractivity contribution >= 4 is 57.4 Å². The van der Waals surface area contributed by atoms with Gasteiger partial charge in [-0.25, -0.2) is 0 Å². The maximum Gasteiger partial charge on any atom is 0.297 e. The van der Waals surface area contributed by atoms with Crippen LogP contribution < -0.4 is 26.4 Å². The van der Waals surface area contributed by atoms with Crippen molar-refractivity contribution < 1.29 is 4.42 Å². The predicted molar refractivity (Wildman–Crippen MR) is 311 cm³/mol. The molecule has 0 unspecified atom stereocenters. The summed E-state index contributed by atoms with van der Waals surface area (Å²) in [5, 5.41) is 0. The minimum Gasteiger partial charge on any atom is -0.472 e. The molecule has 11 rings (SSSR count). The summed E-state index contributed by atoms with van der Waals surface area (Å²) in [6.07, 6.45) is 6.89. The maximum atomic E-state index is 7.82. The second-order valence-electron chi connectivity index (χ2n) is 29.6. The summed E-state index contributed by atoms with van der Waals surface area (Å²) in [6.45, 7) is 48.3. The lowest BCUT2D eigenvalue weighted by molar-refractivity contribution is 0.282. The molecule has 2 aliphatic heterocycles. The smallest absolute Gasteiger partial charge is 0.297 e. The lowest BCUT2D eigenvalue weighted by Gasteiger charge is -2.47. The van der Waals surface area contributed by atoms with Gasteiger partial charge in [-0.3, -0.25) is 0 Å². The Morgan fingerprint density at radius 1 is 0.472 bits per heavy atom. The molecule has 6 aromatic rings. The Labute approximate surface area is 435 Å². The van der Waals surface area contributed by atoms with Crippen molar-refractivity contribution in [2.75, 3.05) is 9.80 Å². The van der Waals surface area contributed by atoms with E-state index < -0.39 is 0 Å². The molecule has 0 atom stereocenters. The maximum absolute atomic E-state index is 7.82. The van der Waals surface area contributed by atoms with Crippen LogP contribution in [0.1, 0.15) is 219 Å². The third-order valence-corrected chi connectivity index (χ3v) is 19.2. The molecule has 0 radical (unpaired) electrons. The number of furan rings is 1. The number of anilines is 6. The van der Waals surface area contributed by atoms with E-state index in [4.69, 9.17) is 4.42 Å². The molecule has 72 heavy (non-hydrogen) atoms. The van der Waals surface area contributed by atoms with Crippen molar-refractivity contribution in [3.8, 4) is 11.1 Å². The highest BCUT2D eigenvalue weighted by atomic mass is 16.3. The van der Waals surface area contributed by atoms with Gasteiger partial charge in [0, 0.05) is 39.3 Å². The highest BCUT2D eigenvalue weighted by Crippen LogP contribution is 2.57. The zero-order chi connectivity index (χ0) is 52.0. The number of hydrogen-bond acceptors (Lipinski definition) is 3. The van der Waals surface area contributed by atoms with Crippen molar-refractivity contribution in [2.24, 2.45) is 0 Å². The molecule has 3 heterocycles. The molecule has 0 amide bonds. The van der Waals surface area contributed by atoms with Crippen LogP contribution >= 0.6 is 0 Å². The normalized spacial score (nSPS) is 20.5. The molecule has 0 spiro atoms. The van der Waals surface area contributed by atoms with E-state index in [0.29, 0.717) is 0 Å². The van der Waals surface area contributed by atoms with Gasteiger partial charge in [0.1, 0.15) is 5.76 Å². The standard InChI is InChI=1S/C68H85BN2O/c1-40-33-53-56-54(34-40)71(57-41(2)35-44(62(6,7)8)37-46(57)42-21-26-47-48(36-42)64(11,12)28-27-63(47,9)10)52-39-50-49(65(13,14)29-30-66(50,15)16)38-51(52)69(56)60-58(55-59(72-60)68(19,20)32-31-67(55,17)18)70(53)45-24-22-43(23-25-45)61(3,4)5/h21-26,33-39H,27-32H2,1-20H3. The van der Waals surface area contributed by atoms with Crippen molar-refractivity contribution in [3.63, 3.8) is 0 Å². The van der Waals surface area contributed by atoms with E-state index in [2.05, 4.69) is 227 Å². The quantitative estimate of drug-likeness (QED) is 0.165. The SMILES string of the molecule is Cc1cc2c3c(c1)N(c1c(C)cc(C(C)(C)C)cc1-c1ccc4c(c1)C(C)(C)CCC4(C)C)c1cc4c(cc1B3c1oc3c(c1N2c1ccc(C(C)(C)C)cc1)C(C)(C)CCC3(C)C)C(C)(C)CCC4(C)C. The van der Waals surface area contributed by atoms with Crippen molar-refractivity contribution in [1.82, 2.24) is 0 Å². The first kappa shape index (κ1) is 49.3. The van der Waals surface area contributed by atoms with Gasteiger partial charge in [0.15, 0.2) is 0 Å². The molecule has 0 N–H and O–H groups in total. The van der Waals surface area contributed by atoms with E-state index in [1.807, 2.05) is 0 Å². The zero-order valence-electron chi connectivity index (χ0n) is 48.1.